The van der Waals surface area contributed by atoms with Crippen molar-refractivity contribution in [1.82, 2.24) is 0 Å². The maximum absolute atomic E-state index is 14.2. The van der Waals surface area contributed by atoms with E-state index in [1.807, 2.05) is 37.3 Å². The first-order valence-corrected chi connectivity index (χ1v) is 5.65. The van der Waals surface area contributed by atoms with Crippen LogP contribution in [0.2, 0.25) is 0 Å². The summed E-state index contributed by atoms with van der Waals surface area (Å²) in [6, 6.07) is 9.35. The van der Waals surface area contributed by atoms with E-state index in [-0.39, 0.29) is 0 Å². The number of alkyl halides is 2. The number of rotatable bonds is 4. The molecular weight excluding hydrogens is 231 g/mol. The second-order valence-electron chi connectivity index (χ2n) is 3.21. The fraction of sp³-hybridized carbons (Fsp3) is 0.455. The average Bonchev–Trinajstić information content (AvgIpc) is 2.19. The molecule has 0 saturated heterocycles. The molecule has 0 bridgehead atoms. The zero-order valence-corrected chi connectivity index (χ0v) is 9.35. The lowest BCUT2D eigenvalue weighted by molar-refractivity contribution is 0.183. The molecule has 0 spiro atoms. The maximum atomic E-state index is 14.2. The van der Waals surface area contributed by atoms with Gasteiger partial charge in [-0.15, -0.1) is 0 Å². The van der Waals surface area contributed by atoms with E-state index >= 15 is 0 Å². The molecule has 72 valence electrons. The molecule has 0 radical (unpaired) electrons. The largest absolute Gasteiger partial charge is 0.238 e. The molecule has 1 unspecified atom stereocenters. The normalized spacial score (nSPS) is 15.3. The van der Waals surface area contributed by atoms with Gasteiger partial charge in [-0.1, -0.05) is 59.6 Å². The van der Waals surface area contributed by atoms with Crippen molar-refractivity contribution in [3.8, 4) is 0 Å². The standard InChI is InChI=1S/C11H14BrF/c1-2-8-11(13,9-12)10-6-4-3-5-7-10/h3-7H,2,8-9H2,1H3. The Labute approximate surface area is 87.3 Å². The summed E-state index contributed by atoms with van der Waals surface area (Å²) in [4.78, 5) is 0. The van der Waals surface area contributed by atoms with Crippen molar-refractivity contribution in [2.45, 2.75) is 25.4 Å². The number of halogens is 2. The van der Waals surface area contributed by atoms with Crippen LogP contribution in [-0.4, -0.2) is 5.33 Å². The zero-order valence-electron chi connectivity index (χ0n) is 7.76. The van der Waals surface area contributed by atoms with Gasteiger partial charge in [0.2, 0.25) is 0 Å². The highest BCUT2D eigenvalue weighted by Gasteiger charge is 2.29. The van der Waals surface area contributed by atoms with Gasteiger partial charge in [-0.3, -0.25) is 0 Å². The molecule has 0 aliphatic carbocycles. The van der Waals surface area contributed by atoms with Crippen molar-refractivity contribution in [2.24, 2.45) is 0 Å². The summed E-state index contributed by atoms with van der Waals surface area (Å²) in [5.74, 6) is 0. The summed E-state index contributed by atoms with van der Waals surface area (Å²) in [6.07, 6.45) is 1.43. The molecule has 1 rings (SSSR count). The molecule has 0 amide bonds. The van der Waals surface area contributed by atoms with Crippen LogP contribution in [0.15, 0.2) is 30.3 Å². The third kappa shape index (κ3) is 2.53. The molecular formula is C11H14BrF. The Hall–Kier alpha value is -0.370. The van der Waals surface area contributed by atoms with Crippen LogP contribution in [-0.2, 0) is 5.67 Å². The molecule has 0 aliphatic rings. The zero-order chi connectivity index (χ0) is 9.73. The highest BCUT2D eigenvalue weighted by molar-refractivity contribution is 9.09. The van der Waals surface area contributed by atoms with Gasteiger partial charge in [0.15, 0.2) is 0 Å². The second-order valence-corrected chi connectivity index (χ2v) is 3.78. The van der Waals surface area contributed by atoms with E-state index in [0.717, 1.165) is 12.0 Å². The summed E-state index contributed by atoms with van der Waals surface area (Å²) in [5.41, 5.74) is -0.426. The molecule has 0 aliphatic heterocycles. The highest BCUT2D eigenvalue weighted by atomic mass is 79.9. The first-order valence-electron chi connectivity index (χ1n) is 4.53. The highest BCUT2D eigenvalue weighted by Crippen LogP contribution is 2.32. The van der Waals surface area contributed by atoms with Gasteiger partial charge >= 0.3 is 0 Å². The first-order chi connectivity index (χ1) is 6.23. The van der Waals surface area contributed by atoms with Crippen molar-refractivity contribution in [2.75, 3.05) is 5.33 Å². The van der Waals surface area contributed by atoms with Gasteiger partial charge in [-0.25, -0.2) is 4.39 Å². The average molecular weight is 245 g/mol. The van der Waals surface area contributed by atoms with Crippen LogP contribution in [0.1, 0.15) is 25.3 Å². The van der Waals surface area contributed by atoms with Gasteiger partial charge < -0.3 is 0 Å². The molecule has 1 aromatic rings. The third-order valence-corrected chi connectivity index (χ3v) is 3.04. The molecule has 2 heteroatoms. The molecule has 13 heavy (non-hydrogen) atoms. The summed E-state index contributed by atoms with van der Waals surface area (Å²) >= 11 is 3.23. The van der Waals surface area contributed by atoms with E-state index in [1.165, 1.54) is 0 Å². The van der Waals surface area contributed by atoms with Gasteiger partial charge in [0.1, 0.15) is 5.67 Å². The van der Waals surface area contributed by atoms with Crippen LogP contribution in [0.4, 0.5) is 4.39 Å². The lowest BCUT2D eigenvalue weighted by Gasteiger charge is -2.22. The minimum atomic E-state index is -1.20. The summed E-state index contributed by atoms with van der Waals surface area (Å²) < 4.78 is 14.2. The van der Waals surface area contributed by atoms with Gasteiger partial charge in [-0.05, 0) is 12.0 Å². The van der Waals surface area contributed by atoms with Crippen LogP contribution >= 0.6 is 15.9 Å². The van der Waals surface area contributed by atoms with Crippen molar-refractivity contribution in [3.05, 3.63) is 35.9 Å². The second kappa shape index (κ2) is 4.75. The molecule has 0 nitrogen and oxygen atoms in total. The molecule has 1 aromatic carbocycles. The first kappa shape index (κ1) is 10.7. The number of hydrogen-bond acceptors (Lipinski definition) is 0. The summed E-state index contributed by atoms with van der Waals surface area (Å²) in [6.45, 7) is 2.00. The fourth-order valence-electron chi connectivity index (χ4n) is 1.42. The Morgan fingerprint density at radius 1 is 1.31 bits per heavy atom. The topological polar surface area (TPSA) is 0 Å². The number of hydrogen-bond donors (Lipinski definition) is 0. The predicted molar refractivity (Wildman–Crippen MR) is 57.9 cm³/mol. The lowest BCUT2D eigenvalue weighted by Crippen LogP contribution is -2.21. The molecule has 0 fully saturated rings. The van der Waals surface area contributed by atoms with Gasteiger partial charge in [-0.2, -0.15) is 0 Å². The maximum Gasteiger partial charge on any atom is 0.145 e. The third-order valence-electron chi connectivity index (χ3n) is 2.15. The van der Waals surface area contributed by atoms with Gasteiger partial charge in [0.05, 0.1) is 0 Å². The Balaban J connectivity index is 2.89. The fourth-order valence-corrected chi connectivity index (χ4v) is 2.03. The van der Waals surface area contributed by atoms with Crippen molar-refractivity contribution in [1.29, 1.82) is 0 Å². The van der Waals surface area contributed by atoms with E-state index in [2.05, 4.69) is 15.9 Å². The Bertz CT molecular complexity index is 248. The van der Waals surface area contributed by atoms with E-state index in [4.69, 9.17) is 0 Å². The van der Waals surface area contributed by atoms with Crippen molar-refractivity contribution < 1.29 is 4.39 Å². The van der Waals surface area contributed by atoms with Crippen LogP contribution in [0.3, 0.4) is 0 Å². The smallest absolute Gasteiger partial charge is 0.145 e. The Morgan fingerprint density at radius 2 is 1.92 bits per heavy atom. The minimum Gasteiger partial charge on any atom is -0.238 e. The predicted octanol–water partition coefficient (Wildman–Crippen LogP) is 4.05. The molecule has 1 atom stereocenters. The molecule has 0 N–H and O–H groups in total. The minimum absolute atomic E-state index is 0.373. The van der Waals surface area contributed by atoms with Crippen molar-refractivity contribution in [3.63, 3.8) is 0 Å². The van der Waals surface area contributed by atoms with Crippen molar-refractivity contribution >= 4 is 15.9 Å². The van der Waals surface area contributed by atoms with E-state index < -0.39 is 5.67 Å². The Kier molecular flexibility index (Phi) is 3.91. The van der Waals surface area contributed by atoms with Crippen LogP contribution in [0.25, 0.3) is 0 Å². The van der Waals surface area contributed by atoms with Crippen LogP contribution in [0.5, 0.6) is 0 Å². The quantitative estimate of drug-likeness (QED) is 0.702. The Morgan fingerprint density at radius 3 is 2.38 bits per heavy atom. The summed E-state index contributed by atoms with van der Waals surface area (Å²) in [7, 11) is 0. The van der Waals surface area contributed by atoms with Gasteiger partial charge in [0, 0.05) is 5.33 Å². The van der Waals surface area contributed by atoms with E-state index in [1.54, 1.807) is 0 Å². The van der Waals surface area contributed by atoms with Crippen LogP contribution < -0.4 is 0 Å². The van der Waals surface area contributed by atoms with E-state index in [0.29, 0.717) is 11.8 Å². The molecule has 0 saturated carbocycles. The van der Waals surface area contributed by atoms with Crippen LogP contribution in [0, 0.1) is 0 Å². The molecule has 0 heterocycles. The van der Waals surface area contributed by atoms with E-state index in [9.17, 15) is 4.39 Å². The lowest BCUT2D eigenvalue weighted by atomic mass is 9.93. The molecule has 0 aromatic heterocycles. The SMILES string of the molecule is CCCC(F)(CBr)c1ccccc1. The van der Waals surface area contributed by atoms with Gasteiger partial charge in [0.25, 0.3) is 0 Å². The monoisotopic (exact) mass is 244 g/mol. The summed E-state index contributed by atoms with van der Waals surface area (Å²) in [5, 5.41) is 0.373. The number of benzene rings is 1.